The zero-order chi connectivity index (χ0) is 13.8. The predicted octanol–water partition coefficient (Wildman–Crippen LogP) is 3.47. The van der Waals surface area contributed by atoms with Crippen LogP contribution in [-0.2, 0) is 0 Å². The Hall–Kier alpha value is -2.88. The Morgan fingerprint density at radius 3 is 2.50 bits per heavy atom. The average Bonchev–Trinajstić information content (AvgIpc) is 2.99. The highest BCUT2D eigenvalue weighted by Gasteiger charge is 2.04. The molecule has 0 bridgehead atoms. The lowest BCUT2D eigenvalue weighted by molar-refractivity contribution is 0.531. The first-order valence-electron chi connectivity index (χ1n) is 6.10. The second kappa shape index (κ2) is 5.40. The number of hydrogen-bond acceptors (Lipinski definition) is 4. The van der Waals surface area contributed by atoms with E-state index in [0.29, 0.717) is 17.4 Å². The van der Waals surface area contributed by atoms with Crippen molar-refractivity contribution in [3.8, 4) is 11.5 Å². The Bertz CT molecular complexity index is 771. The van der Waals surface area contributed by atoms with Gasteiger partial charge in [0.15, 0.2) is 0 Å². The van der Waals surface area contributed by atoms with Crippen molar-refractivity contribution in [2.75, 3.05) is 0 Å². The lowest BCUT2D eigenvalue weighted by atomic mass is 10.2. The second-order valence-electron chi connectivity index (χ2n) is 4.12. The summed E-state index contributed by atoms with van der Waals surface area (Å²) in [5.41, 5.74) is 0.423. The van der Waals surface area contributed by atoms with Crippen molar-refractivity contribution in [2.24, 2.45) is 0 Å². The van der Waals surface area contributed by atoms with Crippen molar-refractivity contribution in [1.29, 1.82) is 0 Å². The molecular weight excluding hydrogens is 254 g/mol. The van der Waals surface area contributed by atoms with Crippen LogP contribution in [0.1, 0.15) is 11.5 Å². The van der Waals surface area contributed by atoms with Crippen LogP contribution in [0.4, 0.5) is 0 Å². The van der Waals surface area contributed by atoms with E-state index in [-0.39, 0.29) is 5.56 Å². The van der Waals surface area contributed by atoms with Gasteiger partial charge in [0.1, 0.15) is 11.5 Å². The van der Waals surface area contributed by atoms with Gasteiger partial charge in [0, 0.05) is 11.6 Å². The molecule has 3 aromatic rings. The number of benzene rings is 1. The molecule has 3 rings (SSSR count). The molecule has 2 aromatic heterocycles. The lowest BCUT2D eigenvalue weighted by Gasteiger charge is -2.00. The standard InChI is InChI=1S/C16H11NO3/c18-15-11-14(9-8-13-7-4-10-19-13)20-16(17-15)12-5-2-1-3-6-12/h1-11H/b9-8-. The predicted molar refractivity (Wildman–Crippen MR) is 75.8 cm³/mol. The number of hydrogen-bond donors (Lipinski definition) is 0. The first-order chi connectivity index (χ1) is 9.81. The van der Waals surface area contributed by atoms with Gasteiger partial charge in [-0.05, 0) is 36.4 Å². The summed E-state index contributed by atoms with van der Waals surface area (Å²) in [6.45, 7) is 0. The van der Waals surface area contributed by atoms with Gasteiger partial charge in [-0.25, -0.2) is 0 Å². The van der Waals surface area contributed by atoms with Crippen LogP contribution in [-0.4, -0.2) is 4.98 Å². The van der Waals surface area contributed by atoms with Crippen molar-refractivity contribution < 1.29 is 8.83 Å². The molecular formula is C16H11NO3. The fourth-order valence-electron chi connectivity index (χ4n) is 1.75. The molecule has 0 aliphatic rings. The van der Waals surface area contributed by atoms with E-state index in [4.69, 9.17) is 8.83 Å². The van der Waals surface area contributed by atoms with Crippen molar-refractivity contribution in [3.05, 3.63) is 76.7 Å². The molecule has 0 atom stereocenters. The highest BCUT2D eigenvalue weighted by atomic mass is 16.3. The van der Waals surface area contributed by atoms with Gasteiger partial charge in [0.2, 0.25) is 5.89 Å². The molecule has 0 radical (unpaired) electrons. The Morgan fingerprint density at radius 2 is 1.75 bits per heavy atom. The maximum absolute atomic E-state index is 11.6. The molecule has 0 unspecified atom stereocenters. The van der Waals surface area contributed by atoms with Crippen LogP contribution >= 0.6 is 0 Å². The number of furan rings is 1. The van der Waals surface area contributed by atoms with Crippen LogP contribution in [0, 0.1) is 0 Å². The summed E-state index contributed by atoms with van der Waals surface area (Å²) in [4.78, 5) is 15.5. The van der Waals surface area contributed by atoms with Gasteiger partial charge in [-0.2, -0.15) is 4.98 Å². The van der Waals surface area contributed by atoms with Crippen LogP contribution in [0.2, 0.25) is 0 Å². The van der Waals surface area contributed by atoms with E-state index in [9.17, 15) is 4.79 Å². The monoisotopic (exact) mass is 265 g/mol. The zero-order valence-corrected chi connectivity index (χ0v) is 10.5. The Morgan fingerprint density at radius 1 is 0.950 bits per heavy atom. The molecule has 1 aromatic carbocycles. The molecule has 0 spiro atoms. The van der Waals surface area contributed by atoms with Crippen molar-refractivity contribution in [1.82, 2.24) is 4.98 Å². The van der Waals surface area contributed by atoms with Gasteiger partial charge < -0.3 is 8.83 Å². The van der Waals surface area contributed by atoms with E-state index in [1.54, 1.807) is 24.5 Å². The summed E-state index contributed by atoms with van der Waals surface area (Å²) in [7, 11) is 0. The normalized spacial score (nSPS) is 11.0. The molecule has 4 nitrogen and oxygen atoms in total. The summed E-state index contributed by atoms with van der Waals surface area (Å²) in [6, 6.07) is 14.2. The first-order valence-corrected chi connectivity index (χ1v) is 6.10. The fraction of sp³-hybridized carbons (Fsp3) is 0. The minimum Gasteiger partial charge on any atom is -0.465 e. The van der Waals surface area contributed by atoms with Crippen LogP contribution in [0.15, 0.2) is 68.4 Å². The third-order valence-corrected chi connectivity index (χ3v) is 2.67. The van der Waals surface area contributed by atoms with Crippen molar-refractivity contribution in [2.45, 2.75) is 0 Å². The fourth-order valence-corrected chi connectivity index (χ4v) is 1.75. The van der Waals surface area contributed by atoms with Crippen LogP contribution in [0.3, 0.4) is 0 Å². The van der Waals surface area contributed by atoms with Gasteiger partial charge >= 0.3 is 0 Å². The molecule has 0 amide bonds. The van der Waals surface area contributed by atoms with E-state index < -0.39 is 0 Å². The van der Waals surface area contributed by atoms with E-state index in [1.807, 2.05) is 36.4 Å². The van der Waals surface area contributed by atoms with E-state index in [0.717, 1.165) is 5.56 Å². The minimum absolute atomic E-state index is 0.303. The second-order valence-corrected chi connectivity index (χ2v) is 4.12. The molecule has 4 heteroatoms. The maximum atomic E-state index is 11.6. The van der Waals surface area contributed by atoms with Gasteiger partial charge in [-0.1, -0.05) is 18.2 Å². The van der Waals surface area contributed by atoms with E-state index in [1.165, 1.54) is 6.07 Å². The molecule has 2 heterocycles. The summed E-state index contributed by atoms with van der Waals surface area (Å²) < 4.78 is 10.8. The topological polar surface area (TPSA) is 56.2 Å². The summed E-state index contributed by atoms with van der Waals surface area (Å²) in [6.07, 6.45) is 4.99. The van der Waals surface area contributed by atoms with Crippen molar-refractivity contribution in [3.63, 3.8) is 0 Å². The Kier molecular flexibility index (Phi) is 3.29. The van der Waals surface area contributed by atoms with E-state index in [2.05, 4.69) is 4.98 Å². The Balaban J connectivity index is 1.97. The quantitative estimate of drug-likeness (QED) is 0.727. The largest absolute Gasteiger partial charge is 0.465 e. The summed E-state index contributed by atoms with van der Waals surface area (Å²) in [5, 5.41) is 0. The molecule has 0 fully saturated rings. The highest BCUT2D eigenvalue weighted by molar-refractivity contribution is 5.65. The molecule has 0 aliphatic heterocycles. The molecule has 0 aliphatic carbocycles. The molecule has 0 N–H and O–H groups in total. The van der Waals surface area contributed by atoms with Crippen LogP contribution < -0.4 is 5.56 Å². The van der Waals surface area contributed by atoms with Gasteiger partial charge in [-0.15, -0.1) is 0 Å². The van der Waals surface area contributed by atoms with Gasteiger partial charge in [0.25, 0.3) is 5.56 Å². The molecule has 20 heavy (non-hydrogen) atoms. The molecule has 98 valence electrons. The van der Waals surface area contributed by atoms with Crippen LogP contribution in [0.25, 0.3) is 23.6 Å². The highest BCUT2D eigenvalue weighted by Crippen LogP contribution is 2.17. The maximum Gasteiger partial charge on any atom is 0.276 e. The summed E-state index contributed by atoms with van der Waals surface area (Å²) >= 11 is 0. The van der Waals surface area contributed by atoms with Crippen LogP contribution in [0.5, 0.6) is 0 Å². The van der Waals surface area contributed by atoms with Crippen molar-refractivity contribution >= 4 is 12.2 Å². The molecule has 0 saturated heterocycles. The zero-order valence-electron chi connectivity index (χ0n) is 10.5. The minimum atomic E-state index is -0.339. The lowest BCUT2D eigenvalue weighted by Crippen LogP contribution is -2.05. The number of aromatic nitrogens is 1. The Labute approximate surface area is 115 Å². The third-order valence-electron chi connectivity index (χ3n) is 2.67. The first kappa shape index (κ1) is 12.2. The number of nitrogens with zero attached hydrogens (tertiary/aromatic N) is 1. The smallest absolute Gasteiger partial charge is 0.276 e. The van der Waals surface area contributed by atoms with E-state index >= 15 is 0 Å². The summed E-state index contributed by atoms with van der Waals surface area (Å²) in [5.74, 6) is 1.42. The number of rotatable bonds is 3. The molecule has 0 saturated carbocycles. The van der Waals surface area contributed by atoms with Gasteiger partial charge in [-0.3, -0.25) is 4.79 Å². The third kappa shape index (κ3) is 2.75. The SMILES string of the molecule is O=c1cc(/C=C\c2ccco2)oc(-c2ccccc2)n1. The van der Waals surface area contributed by atoms with Gasteiger partial charge in [0.05, 0.1) is 6.26 Å². The average molecular weight is 265 g/mol.